The predicted octanol–water partition coefficient (Wildman–Crippen LogP) is 5.18. The molecule has 2 N–H and O–H groups in total. The molecule has 0 aliphatic carbocycles. The van der Waals surface area contributed by atoms with Crippen molar-refractivity contribution in [3.8, 4) is 0 Å². The summed E-state index contributed by atoms with van der Waals surface area (Å²) in [5.74, 6) is 0. The number of carbonyl (C=O) groups excluding carboxylic acids is 1. The van der Waals surface area contributed by atoms with E-state index in [1.807, 2.05) is 0 Å². The van der Waals surface area contributed by atoms with Crippen molar-refractivity contribution in [1.82, 2.24) is 4.90 Å². The van der Waals surface area contributed by atoms with Crippen LogP contribution in [0.2, 0.25) is 5.02 Å². The quantitative estimate of drug-likeness (QED) is 0.658. The lowest BCUT2D eigenvalue weighted by atomic mass is 10.1. The van der Waals surface area contributed by atoms with Gasteiger partial charge in [-0.1, -0.05) is 11.6 Å². The average Bonchev–Trinajstić information content (AvgIpc) is 2.69. The van der Waals surface area contributed by atoms with Gasteiger partial charge in [-0.3, -0.25) is 4.72 Å². The van der Waals surface area contributed by atoms with E-state index >= 15 is 0 Å². The Morgan fingerprint density at radius 3 is 2.17 bits per heavy atom. The molecule has 0 saturated carbocycles. The molecule has 30 heavy (non-hydrogen) atoms. The summed E-state index contributed by atoms with van der Waals surface area (Å²) in [7, 11) is -4.14. The Hall–Kier alpha value is -2.46. The number of benzene rings is 2. The smallest absolute Gasteiger partial charge is 0.325 e. The zero-order valence-electron chi connectivity index (χ0n) is 15.7. The van der Waals surface area contributed by atoms with Crippen LogP contribution in [0.25, 0.3) is 0 Å². The molecule has 162 valence electrons. The number of hydrogen-bond acceptors (Lipinski definition) is 3. The molecule has 1 fully saturated rings. The third kappa shape index (κ3) is 5.37. The molecule has 1 aliphatic heterocycles. The first kappa shape index (κ1) is 22.2. The second-order valence-corrected chi connectivity index (χ2v) is 8.89. The van der Waals surface area contributed by atoms with E-state index in [2.05, 4.69) is 10.0 Å². The van der Waals surface area contributed by atoms with E-state index in [0.717, 1.165) is 31.4 Å². The zero-order valence-corrected chi connectivity index (χ0v) is 17.2. The van der Waals surface area contributed by atoms with Gasteiger partial charge in [-0.15, -0.1) is 0 Å². The molecular formula is C19H19ClF3N3O3S. The highest BCUT2D eigenvalue weighted by Gasteiger charge is 2.33. The van der Waals surface area contributed by atoms with Gasteiger partial charge in [0.1, 0.15) is 0 Å². The van der Waals surface area contributed by atoms with Gasteiger partial charge in [0.2, 0.25) is 0 Å². The molecule has 0 spiro atoms. The van der Waals surface area contributed by atoms with E-state index in [-0.39, 0.29) is 16.6 Å². The van der Waals surface area contributed by atoms with Gasteiger partial charge in [0, 0.05) is 24.5 Å². The highest BCUT2D eigenvalue weighted by atomic mass is 35.5. The largest absolute Gasteiger partial charge is 0.417 e. The summed E-state index contributed by atoms with van der Waals surface area (Å²) in [6.07, 6.45) is -1.75. The van der Waals surface area contributed by atoms with Crippen LogP contribution in [-0.2, 0) is 16.2 Å². The fraction of sp³-hybridized carbons (Fsp3) is 0.316. The number of carbonyl (C=O) groups is 1. The summed E-state index contributed by atoms with van der Waals surface area (Å²) >= 11 is 5.55. The van der Waals surface area contributed by atoms with Crippen LogP contribution in [0.1, 0.15) is 24.8 Å². The number of sulfonamides is 1. The summed E-state index contributed by atoms with van der Waals surface area (Å²) in [5, 5.41) is 2.17. The lowest BCUT2D eigenvalue weighted by Gasteiger charge is -2.26. The molecule has 3 rings (SSSR count). The topological polar surface area (TPSA) is 78.5 Å². The first-order chi connectivity index (χ1) is 14.1. The number of likely N-dealkylation sites (tertiary alicyclic amines) is 1. The van der Waals surface area contributed by atoms with E-state index in [0.29, 0.717) is 24.8 Å². The second kappa shape index (κ2) is 8.73. The van der Waals surface area contributed by atoms with Crippen LogP contribution in [-0.4, -0.2) is 32.4 Å². The van der Waals surface area contributed by atoms with Crippen LogP contribution in [0.5, 0.6) is 0 Å². The summed E-state index contributed by atoms with van der Waals surface area (Å²) in [4.78, 5) is 13.7. The van der Waals surface area contributed by atoms with Crippen molar-refractivity contribution < 1.29 is 26.4 Å². The molecule has 2 aromatic rings. The van der Waals surface area contributed by atoms with Gasteiger partial charge in [0.15, 0.2) is 0 Å². The van der Waals surface area contributed by atoms with Crippen LogP contribution in [0.3, 0.4) is 0 Å². The maximum Gasteiger partial charge on any atom is 0.417 e. The minimum Gasteiger partial charge on any atom is -0.325 e. The van der Waals surface area contributed by atoms with Crippen molar-refractivity contribution in [2.45, 2.75) is 30.3 Å². The first-order valence-corrected chi connectivity index (χ1v) is 11.0. The standard InChI is InChI=1S/C19H19ClF3N3O3S/c20-17-9-6-14(12-16(17)19(21,22)23)25-30(28,29)15-7-4-13(5-8-15)24-18(27)26-10-2-1-3-11-26/h4-9,12,25H,1-3,10-11H2,(H,24,27). The van der Waals surface area contributed by atoms with Gasteiger partial charge >= 0.3 is 12.2 Å². The lowest BCUT2D eigenvalue weighted by Crippen LogP contribution is -2.38. The molecule has 11 heteroatoms. The SMILES string of the molecule is O=C(Nc1ccc(S(=O)(=O)Nc2ccc(Cl)c(C(F)(F)F)c2)cc1)N1CCCCC1. The van der Waals surface area contributed by atoms with Gasteiger partial charge in [-0.2, -0.15) is 13.2 Å². The van der Waals surface area contributed by atoms with Crippen molar-refractivity contribution >= 4 is 39.0 Å². The third-order valence-electron chi connectivity index (χ3n) is 4.58. The number of anilines is 2. The molecule has 0 aromatic heterocycles. The predicted molar refractivity (Wildman–Crippen MR) is 108 cm³/mol. The van der Waals surface area contributed by atoms with Crippen LogP contribution in [0.4, 0.5) is 29.3 Å². The maximum absolute atomic E-state index is 13.0. The van der Waals surface area contributed by atoms with E-state index < -0.39 is 26.8 Å². The monoisotopic (exact) mass is 461 g/mol. The molecule has 0 radical (unpaired) electrons. The van der Waals surface area contributed by atoms with Crippen molar-refractivity contribution in [3.05, 3.63) is 53.1 Å². The first-order valence-electron chi connectivity index (χ1n) is 9.12. The second-order valence-electron chi connectivity index (χ2n) is 6.80. The summed E-state index contributed by atoms with van der Waals surface area (Å²) in [6, 6.07) is 7.84. The van der Waals surface area contributed by atoms with Crippen molar-refractivity contribution in [2.75, 3.05) is 23.1 Å². The van der Waals surface area contributed by atoms with Gasteiger partial charge in [0.25, 0.3) is 10.0 Å². The number of amides is 2. The van der Waals surface area contributed by atoms with Crippen molar-refractivity contribution in [2.24, 2.45) is 0 Å². The minimum absolute atomic E-state index is 0.165. The number of alkyl halides is 3. The molecule has 1 heterocycles. The number of piperidine rings is 1. The maximum atomic E-state index is 13.0. The average molecular weight is 462 g/mol. The summed E-state index contributed by atoms with van der Waals surface area (Å²) in [5.41, 5.74) is -0.996. The van der Waals surface area contributed by atoms with Gasteiger partial charge < -0.3 is 10.2 Å². The van der Waals surface area contributed by atoms with E-state index in [1.54, 1.807) is 4.90 Å². The Morgan fingerprint density at radius 1 is 0.967 bits per heavy atom. The number of halogens is 4. The Labute approximate surface area is 177 Å². The van der Waals surface area contributed by atoms with Crippen LogP contribution in [0.15, 0.2) is 47.4 Å². The number of rotatable bonds is 4. The van der Waals surface area contributed by atoms with Gasteiger partial charge in [0.05, 0.1) is 15.5 Å². The summed E-state index contributed by atoms with van der Waals surface area (Å²) in [6.45, 7) is 1.34. The highest BCUT2D eigenvalue weighted by Crippen LogP contribution is 2.36. The van der Waals surface area contributed by atoms with Crippen molar-refractivity contribution in [1.29, 1.82) is 0 Å². The summed E-state index contributed by atoms with van der Waals surface area (Å²) < 4.78 is 66.0. The lowest BCUT2D eigenvalue weighted by molar-refractivity contribution is -0.137. The zero-order chi connectivity index (χ0) is 21.9. The van der Waals surface area contributed by atoms with Gasteiger partial charge in [-0.25, -0.2) is 13.2 Å². The molecule has 0 bridgehead atoms. The van der Waals surface area contributed by atoms with E-state index in [1.165, 1.54) is 24.3 Å². The normalized spacial score (nSPS) is 15.0. The number of hydrogen-bond donors (Lipinski definition) is 2. The molecular weight excluding hydrogens is 443 g/mol. The number of urea groups is 1. The van der Waals surface area contributed by atoms with E-state index in [9.17, 15) is 26.4 Å². The fourth-order valence-corrected chi connectivity index (χ4v) is 4.31. The van der Waals surface area contributed by atoms with Crippen LogP contribution in [0, 0.1) is 0 Å². The Kier molecular flexibility index (Phi) is 6.47. The van der Waals surface area contributed by atoms with Crippen LogP contribution < -0.4 is 10.0 Å². The van der Waals surface area contributed by atoms with Crippen molar-refractivity contribution in [3.63, 3.8) is 0 Å². The third-order valence-corrected chi connectivity index (χ3v) is 6.31. The molecule has 6 nitrogen and oxygen atoms in total. The molecule has 1 aliphatic rings. The molecule has 0 atom stereocenters. The molecule has 2 amide bonds. The fourth-order valence-electron chi connectivity index (χ4n) is 3.04. The van der Waals surface area contributed by atoms with Gasteiger partial charge in [-0.05, 0) is 61.7 Å². The molecule has 0 unspecified atom stereocenters. The van der Waals surface area contributed by atoms with Crippen LogP contribution >= 0.6 is 11.6 Å². The molecule has 1 saturated heterocycles. The number of nitrogens with zero attached hydrogens (tertiary/aromatic N) is 1. The Morgan fingerprint density at radius 2 is 1.57 bits per heavy atom. The minimum atomic E-state index is -4.72. The Balaban J connectivity index is 1.71. The highest BCUT2D eigenvalue weighted by molar-refractivity contribution is 7.92. The van der Waals surface area contributed by atoms with E-state index in [4.69, 9.17) is 11.6 Å². The number of nitrogens with one attached hydrogen (secondary N) is 2. The Bertz CT molecular complexity index is 1020. The molecule has 2 aromatic carbocycles.